The van der Waals surface area contributed by atoms with E-state index in [-0.39, 0.29) is 27.8 Å². The maximum atomic E-state index is 13.2. The Hall–Kier alpha value is -0.210. The van der Waals surface area contributed by atoms with E-state index in [1.54, 1.807) is 0 Å². The van der Waals surface area contributed by atoms with Crippen LogP contribution in [0.3, 0.4) is 0 Å². The largest absolute Gasteiger partial charge is 0.316 e. The van der Waals surface area contributed by atoms with Crippen molar-refractivity contribution in [3.63, 3.8) is 0 Å². The number of nitrogens with one attached hydrogen (secondary N) is 1. The molecule has 1 N–H and O–H groups in total. The topological polar surface area (TPSA) is 49.4 Å². The van der Waals surface area contributed by atoms with Gasteiger partial charge in [-0.05, 0) is 54.0 Å². The van der Waals surface area contributed by atoms with E-state index >= 15 is 0 Å². The Labute approximate surface area is 133 Å². The third-order valence-electron chi connectivity index (χ3n) is 3.32. The first-order chi connectivity index (χ1) is 8.95. The van der Waals surface area contributed by atoms with Gasteiger partial charge in [0.2, 0.25) is 10.0 Å². The van der Waals surface area contributed by atoms with Crippen molar-refractivity contribution in [1.29, 1.82) is 0 Å². The van der Waals surface area contributed by atoms with Crippen LogP contribution in [0.25, 0.3) is 0 Å². The molecule has 4 nitrogen and oxygen atoms in total. The van der Waals surface area contributed by atoms with Crippen LogP contribution in [0.5, 0.6) is 0 Å². The Kier molecular flexibility index (Phi) is 6.40. The lowest BCUT2D eigenvalue weighted by Crippen LogP contribution is -2.46. The molecule has 1 aromatic carbocycles. The van der Waals surface area contributed by atoms with Crippen molar-refractivity contribution in [1.82, 2.24) is 9.62 Å². The standard InChI is InChI=1S/C12H16BrFN2O2S.ClH/c1-15-9-3-2-6-16(8-9)19(17,18)10-4-5-12(14)11(13)7-10;/h4-5,7,9,15H,2-3,6,8H2,1H3;1H. The lowest BCUT2D eigenvalue weighted by atomic mass is 10.1. The van der Waals surface area contributed by atoms with Crippen molar-refractivity contribution in [3.05, 3.63) is 28.5 Å². The third-order valence-corrected chi connectivity index (χ3v) is 5.79. The van der Waals surface area contributed by atoms with E-state index in [1.165, 1.54) is 16.4 Å². The highest BCUT2D eigenvalue weighted by Gasteiger charge is 2.29. The Morgan fingerprint density at radius 2 is 2.15 bits per heavy atom. The quantitative estimate of drug-likeness (QED) is 0.866. The van der Waals surface area contributed by atoms with Crippen LogP contribution in [-0.4, -0.2) is 38.9 Å². The van der Waals surface area contributed by atoms with Crippen LogP contribution in [0, 0.1) is 5.82 Å². The summed E-state index contributed by atoms with van der Waals surface area (Å²) in [5.41, 5.74) is 0. The van der Waals surface area contributed by atoms with E-state index in [4.69, 9.17) is 0 Å². The van der Waals surface area contributed by atoms with E-state index in [0.717, 1.165) is 18.9 Å². The van der Waals surface area contributed by atoms with Crippen LogP contribution >= 0.6 is 28.3 Å². The van der Waals surface area contributed by atoms with Crippen LogP contribution in [0.15, 0.2) is 27.6 Å². The molecule has 2 rings (SSSR count). The SMILES string of the molecule is CNC1CCCN(S(=O)(=O)c2ccc(F)c(Br)c2)C1.Cl. The average molecular weight is 388 g/mol. The number of piperidine rings is 1. The highest BCUT2D eigenvalue weighted by atomic mass is 79.9. The highest BCUT2D eigenvalue weighted by molar-refractivity contribution is 9.10. The summed E-state index contributed by atoms with van der Waals surface area (Å²) in [5, 5.41) is 3.10. The number of rotatable bonds is 3. The van der Waals surface area contributed by atoms with Gasteiger partial charge in [-0.2, -0.15) is 4.31 Å². The fourth-order valence-corrected chi connectivity index (χ4v) is 4.26. The summed E-state index contributed by atoms with van der Waals surface area (Å²) in [6.45, 7) is 0.962. The second-order valence-electron chi connectivity index (χ2n) is 4.57. The summed E-state index contributed by atoms with van der Waals surface area (Å²) in [4.78, 5) is 0.123. The Morgan fingerprint density at radius 3 is 2.75 bits per heavy atom. The molecule has 8 heteroatoms. The highest BCUT2D eigenvalue weighted by Crippen LogP contribution is 2.24. The number of hydrogen-bond acceptors (Lipinski definition) is 3. The number of nitrogens with zero attached hydrogens (tertiary/aromatic N) is 1. The molecule has 1 atom stereocenters. The van der Waals surface area contributed by atoms with Crippen molar-refractivity contribution in [2.24, 2.45) is 0 Å². The smallest absolute Gasteiger partial charge is 0.243 e. The summed E-state index contributed by atoms with van der Waals surface area (Å²) >= 11 is 3.02. The Balaban J connectivity index is 0.00000200. The summed E-state index contributed by atoms with van der Waals surface area (Å²) in [6.07, 6.45) is 1.79. The molecular formula is C12H17BrClFN2O2S. The molecule has 1 fully saturated rings. The van der Waals surface area contributed by atoms with Crippen molar-refractivity contribution in [2.45, 2.75) is 23.8 Å². The molecule has 0 amide bonds. The fourth-order valence-electron chi connectivity index (χ4n) is 2.18. The van der Waals surface area contributed by atoms with Crippen LogP contribution in [0.1, 0.15) is 12.8 Å². The van der Waals surface area contributed by atoms with Gasteiger partial charge in [-0.1, -0.05) is 0 Å². The van der Waals surface area contributed by atoms with Gasteiger partial charge in [0.15, 0.2) is 0 Å². The number of halogens is 3. The average Bonchev–Trinajstić information content (AvgIpc) is 2.41. The van der Waals surface area contributed by atoms with Gasteiger partial charge >= 0.3 is 0 Å². The molecule has 1 aromatic rings. The van der Waals surface area contributed by atoms with E-state index < -0.39 is 15.8 Å². The van der Waals surface area contributed by atoms with E-state index in [0.29, 0.717) is 13.1 Å². The van der Waals surface area contributed by atoms with E-state index in [1.807, 2.05) is 7.05 Å². The Morgan fingerprint density at radius 1 is 1.45 bits per heavy atom. The summed E-state index contributed by atoms with van der Waals surface area (Å²) in [7, 11) is -1.72. The lowest BCUT2D eigenvalue weighted by molar-refractivity contribution is 0.293. The lowest BCUT2D eigenvalue weighted by Gasteiger charge is -2.31. The predicted octanol–water partition coefficient (Wildman–Crippen LogP) is 2.38. The molecule has 1 heterocycles. The monoisotopic (exact) mass is 386 g/mol. The molecule has 1 saturated heterocycles. The number of hydrogen-bond donors (Lipinski definition) is 1. The minimum Gasteiger partial charge on any atom is -0.316 e. The van der Waals surface area contributed by atoms with Gasteiger partial charge in [-0.25, -0.2) is 12.8 Å². The Bertz CT molecular complexity index is 571. The second kappa shape index (κ2) is 7.17. The zero-order valence-corrected chi connectivity index (χ0v) is 14.2. The fraction of sp³-hybridized carbons (Fsp3) is 0.500. The van der Waals surface area contributed by atoms with Gasteiger partial charge in [0.25, 0.3) is 0 Å². The van der Waals surface area contributed by atoms with E-state index in [2.05, 4.69) is 21.2 Å². The van der Waals surface area contributed by atoms with E-state index in [9.17, 15) is 12.8 Å². The van der Waals surface area contributed by atoms with Crippen molar-refractivity contribution < 1.29 is 12.8 Å². The molecule has 0 spiro atoms. The van der Waals surface area contributed by atoms with Crippen molar-refractivity contribution in [3.8, 4) is 0 Å². The van der Waals surface area contributed by atoms with Gasteiger partial charge in [0, 0.05) is 19.1 Å². The molecule has 0 bridgehead atoms. The molecule has 0 saturated carbocycles. The molecule has 20 heavy (non-hydrogen) atoms. The maximum absolute atomic E-state index is 13.2. The zero-order chi connectivity index (χ0) is 14.0. The summed E-state index contributed by atoms with van der Waals surface area (Å²) in [5.74, 6) is -0.467. The first kappa shape index (κ1) is 17.8. The molecule has 1 unspecified atom stereocenters. The van der Waals surface area contributed by atoms with Gasteiger partial charge in [-0.3, -0.25) is 0 Å². The minimum absolute atomic E-state index is 0. The molecule has 0 radical (unpaired) electrons. The number of sulfonamides is 1. The third kappa shape index (κ3) is 3.71. The number of likely N-dealkylation sites (N-methyl/N-ethyl adjacent to an activating group) is 1. The van der Waals surface area contributed by atoms with Crippen molar-refractivity contribution in [2.75, 3.05) is 20.1 Å². The molecule has 1 aliphatic rings. The predicted molar refractivity (Wildman–Crippen MR) is 82.2 cm³/mol. The summed E-state index contributed by atoms with van der Waals surface area (Å²) in [6, 6.07) is 3.95. The first-order valence-corrected chi connectivity index (χ1v) is 8.31. The van der Waals surface area contributed by atoms with Gasteiger partial charge in [-0.15, -0.1) is 12.4 Å². The zero-order valence-electron chi connectivity index (χ0n) is 11.0. The van der Waals surface area contributed by atoms with Crippen LogP contribution in [0.4, 0.5) is 4.39 Å². The first-order valence-electron chi connectivity index (χ1n) is 6.07. The van der Waals surface area contributed by atoms with Crippen LogP contribution in [-0.2, 0) is 10.0 Å². The van der Waals surface area contributed by atoms with Gasteiger partial charge in [0.1, 0.15) is 5.82 Å². The van der Waals surface area contributed by atoms with Crippen molar-refractivity contribution >= 4 is 38.4 Å². The number of benzene rings is 1. The van der Waals surface area contributed by atoms with Gasteiger partial charge in [0.05, 0.1) is 9.37 Å². The molecule has 114 valence electrons. The summed E-state index contributed by atoms with van der Waals surface area (Å²) < 4.78 is 39.7. The maximum Gasteiger partial charge on any atom is 0.243 e. The van der Waals surface area contributed by atoms with Crippen LogP contribution in [0.2, 0.25) is 0 Å². The molecular weight excluding hydrogens is 371 g/mol. The second-order valence-corrected chi connectivity index (χ2v) is 7.36. The molecule has 0 aliphatic carbocycles. The van der Waals surface area contributed by atoms with Gasteiger partial charge < -0.3 is 5.32 Å². The minimum atomic E-state index is -3.55. The normalized spacial score (nSPS) is 20.4. The molecule has 0 aromatic heterocycles. The van der Waals surface area contributed by atoms with Crippen LogP contribution < -0.4 is 5.32 Å². The molecule has 1 aliphatic heterocycles.